The Bertz CT molecular complexity index is 425. The van der Waals surface area contributed by atoms with E-state index in [1.54, 1.807) is 0 Å². The summed E-state index contributed by atoms with van der Waals surface area (Å²) in [6.07, 6.45) is 6.97. The molecule has 2 atom stereocenters. The molecule has 1 aliphatic heterocycles. The first kappa shape index (κ1) is 14.4. The summed E-state index contributed by atoms with van der Waals surface area (Å²) < 4.78 is 0. The number of hydrogen-bond donors (Lipinski definition) is 1. The van der Waals surface area contributed by atoms with Gasteiger partial charge in [0.05, 0.1) is 6.10 Å². The van der Waals surface area contributed by atoms with Gasteiger partial charge >= 0.3 is 0 Å². The molecule has 1 saturated heterocycles. The summed E-state index contributed by atoms with van der Waals surface area (Å²) in [7, 11) is 0. The molecule has 2 aliphatic rings. The molecule has 0 bridgehead atoms. The molecule has 1 aromatic carbocycles. The molecule has 1 aromatic rings. The van der Waals surface area contributed by atoms with Crippen molar-refractivity contribution in [2.24, 2.45) is 5.92 Å². The van der Waals surface area contributed by atoms with Crippen molar-refractivity contribution < 1.29 is 5.11 Å². The lowest BCUT2D eigenvalue weighted by atomic mass is 9.89. The van der Waals surface area contributed by atoms with E-state index in [1.807, 2.05) is 12.1 Å². The smallest absolute Gasteiger partial charge is 0.0695 e. The van der Waals surface area contributed by atoms with Gasteiger partial charge in [0.2, 0.25) is 0 Å². The van der Waals surface area contributed by atoms with E-state index in [9.17, 15) is 5.11 Å². The number of rotatable bonds is 3. The predicted molar refractivity (Wildman–Crippen MR) is 83.1 cm³/mol. The highest BCUT2D eigenvalue weighted by atomic mass is 35.5. The van der Waals surface area contributed by atoms with Crippen molar-refractivity contribution in [1.82, 2.24) is 4.90 Å². The van der Waals surface area contributed by atoms with Gasteiger partial charge < -0.3 is 5.11 Å². The van der Waals surface area contributed by atoms with Crippen molar-refractivity contribution in [2.75, 3.05) is 13.1 Å². The first-order valence-electron chi connectivity index (χ1n) is 7.89. The van der Waals surface area contributed by atoms with Crippen molar-refractivity contribution in [2.45, 2.75) is 50.7 Å². The first-order chi connectivity index (χ1) is 9.72. The molecule has 0 aromatic heterocycles. The van der Waals surface area contributed by atoms with Gasteiger partial charge in [0.1, 0.15) is 0 Å². The number of aliphatic hydroxyl groups is 1. The molecule has 0 radical (unpaired) electrons. The van der Waals surface area contributed by atoms with Crippen LogP contribution in [-0.2, 0) is 6.42 Å². The van der Waals surface area contributed by atoms with Crippen LogP contribution in [0.15, 0.2) is 24.3 Å². The summed E-state index contributed by atoms with van der Waals surface area (Å²) in [4.78, 5) is 2.52. The van der Waals surface area contributed by atoms with Gasteiger partial charge in [-0.15, -0.1) is 0 Å². The van der Waals surface area contributed by atoms with Crippen LogP contribution in [0.25, 0.3) is 0 Å². The van der Waals surface area contributed by atoms with E-state index < -0.39 is 0 Å². The van der Waals surface area contributed by atoms with Crippen molar-refractivity contribution in [3.05, 3.63) is 34.9 Å². The highest BCUT2D eigenvalue weighted by molar-refractivity contribution is 6.30. The largest absolute Gasteiger partial charge is 0.391 e. The summed E-state index contributed by atoms with van der Waals surface area (Å²) in [5.41, 5.74) is 1.40. The highest BCUT2D eigenvalue weighted by Gasteiger charge is 2.32. The molecule has 2 nitrogen and oxygen atoms in total. The van der Waals surface area contributed by atoms with Crippen LogP contribution >= 0.6 is 11.6 Å². The number of piperidine rings is 1. The van der Waals surface area contributed by atoms with Crippen LogP contribution in [0.2, 0.25) is 5.02 Å². The fraction of sp³-hybridized carbons (Fsp3) is 0.647. The van der Waals surface area contributed by atoms with Gasteiger partial charge in [-0.05, 0) is 75.2 Å². The van der Waals surface area contributed by atoms with Crippen LogP contribution < -0.4 is 0 Å². The zero-order valence-electron chi connectivity index (χ0n) is 12.0. The molecule has 110 valence electrons. The normalized spacial score (nSPS) is 28.9. The standard InChI is InChI=1S/C17H24ClNO/c18-15-6-4-13(5-7-15)12-14-8-10-19(11-9-14)16-2-1-3-17(16)20/h4-7,14,16-17,20H,1-3,8-12H2/t16-,17-/m0/s1. The average molecular weight is 294 g/mol. The first-order valence-corrected chi connectivity index (χ1v) is 8.27. The molecule has 1 heterocycles. The van der Waals surface area contributed by atoms with Crippen LogP contribution in [0.3, 0.4) is 0 Å². The lowest BCUT2D eigenvalue weighted by Crippen LogP contribution is -2.45. The molecular formula is C17H24ClNO. The van der Waals surface area contributed by atoms with Gasteiger partial charge in [-0.1, -0.05) is 23.7 Å². The van der Waals surface area contributed by atoms with Crippen molar-refractivity contribution in [3.8, 4) is 0 Å². The molecule has 3 heteroatoms. The minimum atomic E-state index is -0.0807. The fourth-order valence-corrected chi connectivity index (χ4v) is 3.92. The van der Waals surface area contributed by atoms with Crippen LogP contribution in [0.1, 0.15) is 37.7 Å². The SMILES string of the molecule is O[C@H]1CCC[C@@H]1N1CCC(Cc2ccc(Cl)cc2)CC1. The van der Waals surface area contributed by atoms with E-state index in [4.69, 9.17) is 11.6 Å². The lowest BCUT2D eigenvalue weighted by molar-refractivity contribution is 0.0482. The highest BCUT2D eigenvalue weighted by Crippen LogP contribution is 2.29. The lowest BCUT2D eigenvalue weighted by Gasteiger charge is -2.37. The minimum Gasteiger partial charge on any atom is -0.391 e. The fourth-order valence-electron chi connectivity index (χ4n) is 3.79. The Morgan fingerprint density at radius 1 is 1.05 bits per heavy atom. The quantitative estimate of drug-likeness (QED) is 0.922. The Labute approximate surface area is 126 Å². The van der Waals surface area contributed by atoms with E-state index >= 15 is 0 Å². The van der Waals surface area contributed by atoms with Crippen LogP contribution in [0.4, 0.5) is 0 Å². The number of hydrogen-bond acceptors (Lipinski definition) is 2. The number of benzene rings is 1. The molecule has 0 amide bonds. The second-order valence-corrected chi connectivity index (χ2v) is 6.81. The van der Waals surface area contributed by atoms with Crippen molar-refractivity contribution >= 4 is 11.6 Å². The number of aliphatic hydroxyl groups excluding tert-OH is 1. The van der Waals surface area contributed by atoms with E-state index in [0.717, 1.165) is 36.9 Å². The summed E-state index contributed by atoms with van der Waals surface area (Å²) in [6, 6.07) is 8.71. The second-order valence-electron chi connectivity index (χ2n) is 6.38. The topological polar surface area (TPSA) is 23.5 Å². The Hall–Kier alpha value is -0.570. The second kappa shape index (κ2) is 6.46. The Kier molecular flexibility index (Phi) is 4.65. The van der Waals surface area contributed by atoms with E-state index in [2.05, 4.69) is 17.0 Å². The van der Waals surface area contributed by atoms with Crippen LogP contribution in [0, 0.1) is 5.92 Å². The van der Waals surface area contributed by atoms with Crippen molar-refractivity contribution in [1.29, 1.82) is 0 Å². The van der Waals surface area contributed by atoms with Crippen molar-refractivity contribution in [3.63, 3.8) is 0 Å². The van der Waals surface area contributed by atoms with Gasteiger partial charge in [-0.25, -0.2) is 0 Å². The number of halogens is 1. The molecular weight excluding hydrogens is 270 g/mol. The van der Waals surface area contributed by atoms with Gasteiger partial charge in [-0.3, -0.25) is 4.90 Å². The molecule has 0 unspecified atom stereocenters. The monoisotopic (exact) mass is 293 g/mol. The van der Waals surface area contributed by atoms with E-state index in [-0.39, 0.29) is 6.10 Å². The number of nitrogens with zero attached hydrogens (tertiary/aromatic N) is 1. The molecule has 0 spiro atoms. The Morgan fingerprint density at radius 2 is 1.75 bits per heavy atom. The third kappa shape index (κ3) is 3.36. The van der Waals surface area contributed by atoms with Gasteiger partial charge in [0, 0.05) is 11.1 Å². The molecule has 3 rings (SSSR count). The molecule has 1 saturated carbocycles. The Morgan fingerprint density at radius 3 is 2.35 bits per heavy atom. The molecule has 1 aliphatic carbocycles. The van der Waals surface area contributed by atoms with Gasteiger partial charge in [0.15, 0.2) is 0 Å². The van der Waals surface area contributed by atoms with Crippen LogP contribution in [-0.4, -0.2) is 35.2 Å². The van der Waals surface area contributed by atoms with Gasteiger partial charge in [-0.2, -0.15) is 0 Å². The summed E-state index contributed by atoms with van der Waals surface area (Å²) in [5.74, 6) is 0.783. The van der Waals surface area contributed by atoms with Crippen LogP contribution in [0.5, 0.6) is 0 Å². The maximum Gasteiger partial charge on any atom is 0.0695 e. The molecule has 2 fully saturated rings. The maximum absolute atomic E-state index is 10.0. The summed E-state index contributed by atoms with van der Waals surface area (Å²) in [6.45, 7) is 2.31. The van der Waals surface area contributed by atoms with E-state index in [1.165, 1.54) is 31.2 Å². The zero-order valence-corrected chi connectivity index (χ0v) is 12.7. The third-order valence-corrected chi connectivity index (χ3v) is 5.25. The zero-order chi connectivity index (χ0) is 13.9. The average Bonchev–Trinajstić information content (AvgIpc) is 2.89. The van der Waals surface area contributed by atoms with E-state index in [0.29, 0.717) is 6.04 Å². The predicted octanol–water partition coefficient (Wildman–Crippen LogP) is 3.51. The molecule has 20 heavy (non-hydrogen) atoms. The molecule has 1 N–H and O–H groups in total. The summed E-state index contributed by atoms with van der Waals surface area (Å²) >= 11 is 5.93. The maximum atomic E-state index is 10.0. The third-order valence-electron chi connectivity index (χ3n) is 5.00. The van der Waals surface area contributed by atoms with Gasteiger partial charge in [0.25, 0.3) is 0 Å². The summed E-state index contributed by atoms with van der Waals surface area (Å²) in [5, 5.41) is 10.8. The Balaban J connectivity index is 1.49. The minimum absolute atomic E-state index is 0.0807. The number of likely N-dealkylation sites (tertiary alicyclic amines) is 1.